The number of nitrogens with zero attached hydrogens (tertiary/aromatic N) is 3. The SMILES string of the molecule is CCOC(=O)c1ccc(C2CCN(c3cnc(N)nc3N)CC2)cc1. The Hall–Kier alpha value is -2.83. The number of piperidine rings is 1. The lowest BCUT2D eigenvalue weighted by molar-refractivity contribution is 0.0526. The van der Waals surface area contributed by atoms with E-state index in [9.17, 15) is 4.79 Å². The number of nitrogens with two attached hydrogens (primary N) is 2. The van der Waals surface area contributed by atoms with Crippen LogP contribution in [0.25, 0.3) is 0 Å². The van der Waals surface area contributed by atoms with Gasteiger partial charge in [-0.25, -0.2) is 9.78 Å². The fourth-order valence-corrected chi connectivity index (χ4v) is 3.21. The number of anilines is 3. The molecule has 2 aromatic rings. The molecule has 1 aliphatic rings. The van der Waals surface area contributed by atoms with Gasteiger partial charge in [0, 0.05) is 13.1 Å². The zero-order valence-electron chi connectivity index (χ0n) is 14.3. The van der Waals surface area contributed by atoms with Crippen molar-refractivity contribution in [3.8, 4) is 0 Å². The average molecular weight is 341 g/mol. The summed E-state index contributed by atoms with van der Waals surface area (Å²) in [5.41, 5.74) is 14.2. The summed E-state index contributed by atoms with van der Waals surface area (Å²) in [6, 6.07) is 7.72. The van der Waals surface area contributed by atoms with E-state index in [2.05, 4.69) is 14.9 Å². The van der Waals surface area contributed by atoms with Gasteiger partial charge in [0.05, 0.1) is 24.1 Å². The number of carbonyl (C=O) groups excluding carboxylic acids is 1. The highest BCUT2D eigenvalue weighted by molar-refractivity contribution is 5.89. The zero-order chi connectivity index (χ0) is 17.8. The molecule has 7 heteroatoms. The first kappa shape index (κ1) is 17.0. The summed E-state index contributed by atoms with van der Waals surface area (Å²) < 4.78 is 5.02. The Bertz CT molecular complexity index is 740. The molecule has 0 atom stereocenters. The number of nitrogen functional groups attached to an aromatic ring is 2. The van der Waals surface area contributed by atoms with Gasteiger partial charge in [-0.1, -0.05) is 12.1 Å². The van der Waals surface area contributed by atoms with Gasteiger partial charge < -0.3 is 21.1 Å². The van der Waals surface area contributed by atoms with Crippen LogP contribution < -0.4 is 16.4 Å². The third-order valence-electron chi connectivity index (χ3n) is 4.55. The maximum Gasteiger partial charge on any atom is 0.338 e. The van der Waals surface area contributed by atoms with E-state index in [1.54, 1.807) is 13.1 Å². The number of hydrogen-bond donors (Lipinski definition) is 2. The number of ether oxygens (including phenoxy) is 1. The molecular formula is C18H23N5O2. The molecule has 0 unspecified atom stereocenters. The standard InChI is InChI=1S/C18H23N5O2/c1-2-25-17(24)14-5-3-12(4-6-14)13-7-9-23(10-8-13)15-11-21-18(20)22-16(15)19/h3-6,11,13H,2,7-10H2,1H3,(H4,19,20,21,22). The fraction of sp³-hybridized carbons (Fsp3) is 0.389. The molecule has 1 aromatic heterocycles. The highest BCUT2D eigenvalue weighted by Gasteiger charge is 2.23. The first-order valence-corrected chi connectivity index (χ1v) is 8.48. The molecule has 7 nitrogen and oxygen atoms in total. The molecule has 132 valence electrons. The van der Waals surface area contributed by atoms with Crippen LogP contribution in [0.1, 0.15) is 41.6 Å². The van der Waals surface area contributed by atoms with Crippen molar-refractivity contribution < 1.29 is 9.53 Å². The highest BCUT2D eigenvalue weighted by atomic mass is 16.5. The first-order valence-electron chi connectivity index (χ1n) is 8.48. The molecule has 3 rings (SSSR count). The van der Waals surface area contributed by atoms with Crippen LogP contribution in [0.4, 0.5) is 17.5 Å². The number of benzene rings is 1. The van der Waals surface area contributed by atoms with E-state index in [4.69, 9.17) is 16.2 Å². The van der Waals surface area contributed by atoms with Crippen molar-refractivity contribution in [2.75, 3.05) is 36.1 Å². The smallest absolute Gasteiger partial charge is 0.338 e. The molecule has 1 aliphatic heterocycles. The van der Waals surface area contributed by atoms with Crippen LogP contribution in [0.5, 0.6) is 0 Å². The predicted octanol–water partition coefficient (Wildman–Crippen LogP) is 2.20. The molecule has 0 aliphatic carbocycles. The molecule has 0 saturated carbocycles. The maximum absolute atomic E-state index is 11.7. The molecule has 25 heavy (non-hydrogen) atoms. The Kier molecular flexibility index (Phi) is 5.02. The van der Waals surface area contributed by atoms with E-state index in [-0.39, 0.29) is 11.9 Å². The number of carbonyl (C=O) groups is 1. The second-order valence-electron chi connectivity index (χ2n) is 6.10. The maximum atomic E-state index is 11.7. The Labute approximate surface area is 147 Å². The van der Waals surface area contributed by atoms with Crippen molar-refractivity contribution in [2.45, 2.75) is 25.7 Å². The van der Waals surface area contributed by atoms with Gasteiger partial charge in [-0.2, -0.15) is 4.98 Å². The van der Waals surface area contributed by atoms with Gasteiger partial charge in [0.25, 0.3) is 0 Å². The summed E-state index contributed by atoms with van der Waals surface area (Å²) in [4.78, 5) is 22.0. The van der Waals surface area contributed by atoms with Crippen molar-refractivity contribution in [1.29, 1.82) is 0 Å². The van der Waals surface area contributed by atoms with E-state index in [0.717, 1.165) is 31.6 Å². The predicted molar refractivity (Wildman–Crippen MR) is 97.4 cm³/mol. The summed E-state index contributed by atoms with van der Waals surface area (Å²) in [5, 5.41) is 0. The fourth-order valence-electron chi connectivity index (χ4n) is 3.21. The van der Waals surface area contributed by atoms with Crippen LogP contribution in [0, 0.1) is 0 Å². The third-order valence-corrected chi connectivity index (χ3v) is 4.55. The summed E-state index contributed by atoms with van der Waals surface area (Å²) in [6.07, 6.45) is 3.69. The topological polar surface area (TPSA) is 107 Å². The van der Waals surface area contributed by atoms with E-state index in [1.807, 2.05) is 24.3 Å². The first-order chi connectivity index (χ1) is 12.1. The minimum absolute atomic E-state index is 0.192. The Morgan fingerprint density at radius 3 is 2.52 bits per heavy atom. The summed E-state index contributed by atoms with van der Waals surface area (Å²) in [6.45, 7) is 3.94. The zero-order valence-corrected chi connectivity index (χ0v) is 14.3. The van der Waals surface area contributed by atoms with E-state index in [1.165, 1.54) is 5.56 Å². The Morgan fingerprint density at radius 1 is 1.24 bits per heavy atom. The quantitative estimate of drug-likeness (QED) is 0.821. The molecular weight excluding hydrogens is 318 g/mol. The molecule has 4 N–H and O–H groups in total. The lowest BCUT2D eigenvalue weighted by atomic mass is 9.89. The van der Waals surface area contributed by atoms with Crippen molar-refractivity contribution >= 4 is 23.4 Å². The van der Waals surface area contributed by atoms with Gasteiger partial charge in [-0.3, -0.25) is 0 Å². The second-order valence-corrected chi connectivity index (χ2v) is 6.10. The van der Waals surface area contributed by atoms with E-state index in [0.29, 0.717) is 23.9 Å². The molecule has 0 amide bonds. The van der Waals surface area contributed by atoms with Gasteiger partial charge in [0.2, 0.25) is 5.95 Å². The minimum Gasteiger partial charge on any atom is -0.462 e. The number of rotatable bonds is 4. The van der Waals surface area contributed by atoms with Crippen molar-refractivity contribution in [1.82, 2.24) is 9.97 Å². The van der Waals surface area contributed by atoms with Gasteiger partial charge >= 0.3 is 5.97 Å². The minimum atomic E-state index is -0.275. The molecule has 0 spiro atoms. The van der Waals surface area contributed by atoms with Gasteiger partial charge in [-0.15, -0.1) is 0 Å². The van der Waals surface area contributed by atoms with Gasteiger partial charge in [-0.05, 0) is 43.4 Å². The van der Waals surface area contributed by atoms with Crippen molar-refractivity contribution in [2.24, 2.45) is 0 Å². The normalized spacial score (nSPS) is 15.2. The second kappa shape index (κ2) is 7.38. The van der Waals surface area contributed by atoms with Gasteiger partial charge in [0.15, 0.2) is 5.82 Å². The molecule has 0 bridgehead atoms. The van der Waals surface area contributed by atoms with Crippen LogP contribution in [0.15, 0.2) is 30.5 Å². The number of hydrogen-bond acceptors (Lipinski definition) is 7. The van der Waals surface area contributed by atoms with Gasteiger partial charge in [0.1, 0.15) is 0 Å². The highest BCUT2D eigenvalue weighted by Crippen LogP contribution is 2.32. The molecule has 2 heterocycles. The van der Waals surface area contributed by atoms with Crippen molar-refractivity contribution in [3.05, 3.63) is 41.6 Å². The monoisotopic (exact) mass is 341 g/mol. The van der Waals surface area contributed by atoms with Crippen LogP contribution in [-0.2, 0) is 4.74 Å². The molecule has 1 saturated heterocycles. The number of esters is 1. The van der Waals surface area contributed by atoms with E-state index < -0.39 is 0 Å². The third kappa shape index (κ3) is 3.81. The molecule has 0 radical (unpaired) electrons. The average Bonchev–Trinajstić information content (AvgIpc) is 2.62. The molecule has 1 fully saturated rings. The Morgan fingerprint density at radius 2 is 1.92 bits per heavy atom. The lowest BCUT2D eigenvalue weighted by Gasteiger charge is -2.34. The Balaban J connectivity index is 1.63. The van der Waals surface area contributed by atoms with Crippen molar-refractivity contribution in [3.63, 3.8) is 0 Å². The summed E-state index contributed by atoms with van der Waals surface area (Å²) in [7, 11) is 0. The summed E-state index contributed by atoms with van der Waals surface area (Å²) >= 11 is 0. The van der Waals surface area contributed by atoms with E-state index >= 15 is 0 Å². The lowest BCUT2D eigenvalue weighted by Crippen LogP contribution is -2.33. The van der Waals surface area contributed by atoms with Crippen LogP contribution in [-0.4, -0.2) is 35.6 Å². The van der Waals surface area contributed by atoms with Crippen LogP contribution >= 0.6 is 0 Å². The number of aromatic nitrogens is 2. The summed E-state index contributed by atoms with van der Waals surface area (Å²) in [5.74, 6) is 0.800. The van der Waals surface area contributed by atoms with Crippen LogP contribution in [0.3, 0.4) is 0 Å². The van der Waals surface area contributed by atoms with Crippen LogP contribution in [0.2, 0.25) is 0 Å². The largest absolute Gasteiger partial charge is 0.462 e. The molecule has 1 aromatic carbocycles.